The number of rotatable bonds is 6. The highest BCUT2D eigenvalue weighted by Gasteiger charge is 2.19. The van der Waals surface area contributed by atoms with Crippen molar-refractivity contribution < 1.29 is 4.74 Å². The van der Waals surface area contributed by atoms with Gasteiger partial charge in [0.2, 0.25) is 0 Å². The lowest BCUT2D eigenvalue weighted by molar-refractivity contribution is 0.0787. The molecule has 0 bridgehead atoms. The molecule has 0 aromatic heterocycles. The summed E-state index contributed by atoms with van der Waals surface area (Å²) < 4.78 is 5.70. The fraction of sp³-hybridized carbons (Fsp3) is 0.625. The van der Waals surface area contributed by atoms with E-state index in [0.29, 0.717) is 12.1 Å². The molecule has 0 spiro atoms. The first kappa shape index (κ1) is 14.5. The molecular weight excluding hydrogens is 236 g/mol. The summed E-state index contributed by atoms with van der Waals surface area (Å²) in [4.78, 5) is 2.37. The number of hydrogen-bond acceptors (Lipinski definition) is 3. The van der Waals surface area contributed by atoms with E-state index in [0.717, 1.165) is 19.7 Å². The SMILES string of the molecule is CNC(CN(C)CC1CCCO1)c1ccc(C)cc1. The van der Waals surface area contributed by atoms with Crippen LogP contribution in [0, 0.1) is 6.92 Å². The quantitative estimate of drug-likeness (QED) is 0.852. The second-order valence-electron chi connectivity index (χ2n) is 5.61. The highest BCUT2D eigenvalue weighted by molar-refractivity contribution is 5.24. The molecule has 19 heavy (non-hydrogen) atoms. The first-order valence-corrected chi connectivity index (χ1v) is 7.23. The monoisotopic (exact) mass is 262 g/mol. The van der Waals surface area contributed by atoms with Gasteiger partial charge in [0.1, 0.15) is 0 Å². The topological polar surface area (TPSA) is 24.5 Å². The van der Waals surface area contributed by atoms with Gasteiger partial charge in [0.15, 0.2) is 0 Å². The molecule has 3 nitrogen and oxygen atoms in total. The van der Waals surface area contributed by atoms with Gasteiger partial charge in [0.25, 0.3) is 0 Å². The van der Waals surface area contributed by atoms with E-state index in [1.54, 1.807) is 0 Å². The zero-order valence-electron chi connectivity index (χ0n) is 12.4. The Hall–Kier alpha value is -0.900. The van der Waals surface area contributed by atoms with Crippen LogP contribution in [0.5, 0.6) is 0 Å². The van der Waals surface area contributed by atoms with Gasteiger partial charge < -0.3 is 15.0 Å². The number of benzene rings is 1. The van der Waals surface area contributed by atoms with Crippen LogP contribution in [0.15, 0.2) is 24.3 Å². The van der Waals surface area contributed by atoms with Gasteiger partial charge in [-0.2, -0.15) is 0 Å². The summed E-state index contributed by atoms with van der Waals surface area (Å²) in [5.41, 5.74) is 2.67. The van der Waals surface area contributed by atoms with Gasteiger partial charge in [-0.25, -0.2) is 0 Å². The van der Waals surface area contributed by atoms with E-state index in [9.17, 15) is 0 Å². The average molecular weight is 262 g/mol. The van der Waals surface area contributed by atoms with E-state index >= 15 is 0 Å². The van der Waals surface area contributed by atoms with Crippen molar-refractivity contribution >= 4 is 0 Å². The number of nitrogens with zero attached hydrogens (tertiary/aromatic N) is 1. The molecular formula is C16H26N2O. The molecule has 0 radical (unpaired) electrons. The molecule has 1 heterocycles. The fourth-order valence-electron chi connectivity index (χ4n) is 2.68. The maximum Gasteiger partial charge on any atom is 0.0702 e. The number of likely N-dealkylation sites (N-methyl/N-ethyl adjacent to an activating group) is 2. The Bertz CT molecular complexity index is 371. The van der Waals surface area contributed by atoms with Gasteiger partial charge >= 0.3 is 0 Å². The second-order valence-corrected chi connectivity index (χ2v) is 5.61. The molecule has 1 N–H and O–H groups in total. The van der Waals surface area contributed by atoms with Crippen molar-refractivity contribution in [3.05, 3.63) is 35.4 Å². The minimum Gasteiger partial charge on any atom is -0.377 e. The van der Waals surface area contributed by atoms with E-state index < -0.39 is 0 Å². The second kappa shape index (κ2) is 7.04. The normalized spacial score (nSPS) is 20.9. The Morgan fingerprint density at radius 3 is 2.68 bits per heavy atom. The molecule has 1 aliphatic rings. The van der Waals surface area contributed by atoms with Crippen LogP contribution in [0.3, 0.4) is 0 Å². The third-order valence-electron chi connectivity index (χ3n) is 3.86. The zero-order valence-corrected chi connectivity index (χ0v) is 12.4. The van der Waals surface area contributed by atoms with Crippen LogP contribution >= 0.6 is 0 Å². The van der Waals surface area contributed by atoms with Crippen molar-refractivity contribution in [1.82, 2.24) is 10.2 Å². The highest BCUT2D eigenvalue weighted by atomic mass is 16.5. The van der Waals surface area contributed by atoms with E-state index in [1.807, 2.05) is 7.05 Å². The lowest BCUT2D eigenvalue weighted by Gasteiger charge is -2.26. The number of ether oxygens (including phenoxy) is 1. The van der Waals surface area contributed by atoms with Crippen molar-refractivity contribution in [3.63, 3.8) is 0 Å². The summed E-state index contributed by atoms with van der Waals surface area (Å²) in [5.74, 6) is 0. The standard InChI is InChI=1S/C16H26N2O/c1-13-6-8-14(9-7-13)16(17-2)12-18(3)11-15-5-4-10-19-15/h6-9,15-17H,4-5,10-12H2,1-3H3. The van der Waals surface area contributed by atoms with Crippen LogP contribution in [0.1, 0.15) is 30.0 Å². The Balaban J connectivity index is 1.88. The Labute approximate surface area is 116 Å². The molecule has 1 aromatic carbocycles. The summed E-state index contributed by atoms with van der Waals surface area (Å²) in [6.45, 7) is 5.11. The summed E-state index contributed by atoms with van der Waals surface area (Å²) in [5, 5.41) is 3.41. The van der Waals surface area contributed by atoms with Gasteiger partial charge in [0, 0.05) is 25.7 Å². The molecule has 1 aliphatic heterocycles. The predicted molar refractivity (Wildman–Crippen MR) is 79.5 cm³/mol. The Kier molecular flexibility index (Phi) is 5.37. The molecule has 2 atom stereocenters. The maximum absolute atomic E-state index is 5.70. The predicted octanol–water partition coefficient (Wildman–Crippen LogP) is 2.37. The number of aryl methyl sites for hydroxylation is 1. The first-order chi connectivity index (χ1) is 9.19. The van der Waals surface area contributed by atoms with Crippen LogP contribution < -0.4 is 5.32 Å². The summed E-state index contributed by atoms with van der Waals surface area (Å²) >= 11 is 0. The lowest BCUT2D eigenvalue weighted by atomic mass is 10.0. The van der Waals surface area contributed by atoms with Crippen molar-refractivity contribution in [1.29, 1.82) is 0 Å². The number of nitrogens with one attached hydrogen (secondary N) is 1. The van der Waals surface area contributed by atoms with Crippen LogP contribution in [-0.2, 0) is 4.74 Å². The van der Waals surface area contributed by atoms with E-state index in [4.69, 9.17) is 4.74 Å². The molecule has 2 rings (SSSR count). The van der Waals surface area contributed by atoms with E-state index in [-0.39, 0.29) is 0 Å². The summed E-state index contributed by atoms with van der Waals surface area (Å²) in [6.07, 6.45) is 2.85. The molecule has 1 fully saturated rings. The van der Waals surface area contributed by atoms with Crippen molar-refractivity contribution in [3.8, 4) is 0 Å². The third-order valence-corrected chi connectivity index (χ3v) is 3.86. The minimum absolute atomic E-state index is 0.381. The lowest BCUT2D eigenvalue weighted by Crippen LogP contribution is -2.35. The smallest absolute Gasteiger partial charge is 0.0702 e. The average Bonchev–Trinajstić information content (AvgIpc) is 2.90. The van der Waals surface area contributed by atoms with Gasteiger partial charge in [-0.05, 0) is 39.4 Å². The molecule has 0 aliphatic carbocycles. The Morgan fingerprint density at radius 2 is 2.11 bits per heavy atom. The van der Waals surface area contributed by atoms with Crippen molar-refractivity contribution in [2.45, 2.75) is 31.9 Å². The largest absolute Gasteiger partial charge is 0.377 e. The molecule has 106 valence electrons. The van der Waals surface area contributed by atoms with Crippen molar-refractivity contribution in [2.24, 2.45) is 0 Å². The molecule has 1 saturated heterocycles. The van der Waals surface area contributed by atoms with Crippen LogP contribution in [0.25, 0.3) is 0 Å². The van der Waals surface area contributed by atoms with Gasteiger partial charge in [0.05, 0.1) is 6.10 Å². The van der Waals surface area contributed by atoms with Crippen LogP contribution in [-0.4, -0.2) is 44.8 Å². The van der Waals surface area contributed by atoms with E-state index in [2.05, 4.69) is 48.5 Å². The number of hydrogen-bond donors (Lipinski definition) is 1. The maximum atomic E-state index is 5.70. The van der Waals surface area contributed by atoms with Crippen LogP contribution in [0.2, 0.25) is 0 Å². The summed E-state index contributed by atoms with van der Waals surface area (Å²) in [6, 6.07) is 9.18. The van der Waals surface area contributed by atoms with Gasteiger partial charge in [-0.3, -0.25) is 0 Å². The summed E-state index contributed by atoms with van der Waals surface area (Å²) in [7, 11) is 4.21. The molecule has 3 heteroatoms. The van der Waals surface area contributed by atoms with Crippen LogP contribution in [0.4, 0.5) is 0 Å². The van der Waals surface area contributed by atoms with Crippen molar-refractivity contribution in [2.75, 3.05) is 33.8 Å². The fourth-order valence-corrected chi connectivity index (χ4v) is 2.68. The van der Waals surface area contributed by atoms with Gasteiger partial charge in [-0.1, -0.05) is 29.8 Å². The molecule has 1 aromatic rings. The van der Waals surface area contributed by atoms with E-state index in [1.165, 1.54) is 24.0 Å². The molecule has 2 unspecified atom stereocenters. The first-order valence-electron chi connectivity index (χ1n) is 7.23. The minimum atomic E-state index is 0.381. The van der Waals surface area contributed by atoms with Gasteiger partial charge in [-0.15, -0.1) is 0 Å². The zero-order chi connectivity index (χ0) is 13.7. The Morgan fingerprint density at radius 1 is 1.37 bits per heavy atom. The molecule has 0 amide bonds. The molecule has 0 saturated carbocycles. The third kappa shape index (κ3) is 4.30. The highest BCUT2D eigenvalue weighted by Crippen LogP contribution is 2.17.